The smallest absolute Gasteiger partial charge is 0.347 e. The van der Waals surface area contributed by atoms with E-state index in [4.69, 9.17) is 29.2 Å². The lowest BCUT2D eigenvalue weighted by Crippen LogP contribution is -2.45. The lowest BCUT2D eigenvalue weighted by molar-refractivity contribution is -0.171. The van der Waals surface area contributed by atoms with Gasteiger partial charge in [0.25, 0.3) is 5.88 Å². The van der Waals surface area contributed by atoms with E-state index >= 15 is 0 Å². The van der Waals surface area contributed by atoms with E-state index in [9.17, 15) is 19.2 Å². The third-order valence-corrected chi connectivity index (χ3v) is 5.35. The summed E-state index contributed by atoms with van der Waals surface area (Å²) in [6.45, 7) is 9.60. The Kier molecular flexibility index (Phi) is 11.2. The summed E-state index contributed by atoms with van der Waals surface area (Å²) in [6.07, 6.45) is -2.63. The number of esters is 2. The van der Waals surface area contributed by atoms with Gasteiger partial charge in [0.2, 0.25) is 5.82 Å². The number of carboxylic acids is 2. The Labute approximate surface area is 217 Å². The molecule has 0 aromatic carbocycles. The van der Waals surface area contributed by atoms with E-state index in [2.05, 4.69) is 14.1 Å². The molecule has 0 radical (unpaired) electrons. The van der Waals surface area contributed by atoms with Gasteiger partial charge in [-0.05, 0) is 27.7 Å². The number of carboxylic acid groups (broad SMARTS) is 2. The lowest BCUT2D eigenvalue weighted by Gasteiger charge is -2.28. The van der Waals surface area contributed by atoms with Gasteiger partial charge in [-0.2, -0.15) is 4.37 Å². The van der Waals surface area contributed by atoms with Crippen LogP contribution in [0.4, 0.5) is 5.82 Å². The van der Waals surface area contributed by atoms with Crippen molar-refractivity contribution < 1.29 is 48.3 Å². The minimum atomic E-state index is -1.59. The van der Waals surface area contributed by atoms with Crippen LogP contribution in [0.2, 0.25) is 0 Å². The Morgan fingerprint density at radius 1 is 1.16 bits per heavy atom. The molecule has 0 bridgehead atoms. The zero-order valence-electron chi connectivity index (χ0n) is 21.1. The van der Waals surface area contributed by atoms with Crippen molar-refractivity contribution in [1.82, 2.24) is 14.1 Å². The summed E-state index contributed by atoms with van der Waals surface area (Å²) < 4.78 is 30.1. The predicted molar refractivity (Wildman–Crippen MR) is 130 cm³/mol. The highest BCUT2D eigenvalue weighted by Gasteiger charge is 2.27. The van der Waals surface area contributed by atoms with Crippen LogP contribution in [-0.4, -0.2) is 100 Å². The Morgan fingerprint density at radius 3 is 2.43 bits per heavy atom. The van der Waals surface area contributed by atoms with E-state index in [0.29, 0.717) is 44.1 Å². The molecule has 15 heteroatoms. The van der Waals surface area contributed by atoms with Crippen LogP contribution in [-0.2, 0) is 33.4 Å². The number of morpholine rings is 1. The van der Waals surface area contributed by atoms with Crippen LogP contribution in [0.15, 0.2) is 11.6 Å². The molecule has 0 spiro atoms. The van der Waals surface area contributed by atoms with Crippen molar-refractivity contribution in [3.05, 3.63) is 11.6 Å². The van der Waals surface area contributed by atoms with Crippen molar-refractivity contribution >= 4 is 41.4 Å². The first kappa shape index (κ1) is 29.9. The second kappa shape index (κ2) is 13.9. The minimum Gasteiger partial charge on any atom is -0.478 e. The summed E-state index contributed by atoms with van der Waals surface area (Å²) >= 11 is 0.994. The number of carbonyl (C=O) groups excluding carboxylic acids is 2. The number of nitrogens with one attached hydrogen (secondary N) is 1. The molecule has 1 aliphatic heterocycles. The fourth-order valence-corrected chi connectivity index (χ4v) is 3.52. The summed E-state index contributed by atoms with van der Waals surface area (Å²) in [7, 11) is 0. The number of hydrogen-bond donors (Lipinski definition) is 3. The highest BCUT2D eigenvalue weighted by molar-refractivity contribution is 6.99. The molecular formula is C22H32N4O10S. The maximum absolute atomic E-state index is 12.6. The first-order valence-electron chi connectivity index (χ1n) is 11.5. The van der Waals surface area contributed by atoms with Crippen LogP contribution in [0.1, 0.15) is 34.1 Å². The molecule has 1 saturated heterocycles. The largest absolute Gasteiger partial charge is 0.478 e. The fraction of sp³-hybridized carbons (Fsp3) is 0.636. The minimum absolute atomic E-state index is 0.0667. The van der Waals surface area contributed by atoms with Crippen LogP contribution in [0, 0.1) is 0 Å². The van der Waals surface area contributed by atoms with Gasteiger partial charge in [0, 0.05) is 31.2 Å². The molecule has 206 valence electrons. The zero-order chi connectivity index (χ0) is 27.6. The van der Waals surface area contributed by atoms with Crippen LogP contribution in [0.25, 0.3) is 0 Å². The van der Waals surface area contributed by atoms with Crippen molar-refractivity contribution in [3.8, 4) is 5.88 Å². The van der Waals surface area contributed by atoms with E-state index < -0.39 is 48.1 Å². The first-order chi connectivity index (χ1) is 17.4. The van der Waals surface area contributed by atoms with Crippen LogP contribution in [0.3, 0.4) is 0 Å². The van der Waals surface area contributed by atoms with Crippen molar-refractivity contribution in [1.29, 1.82) is 0 Å². The van der Waals surface area contributed by atoms with Gasteiger partial charge >= 0.3 is 23.9 Å². The van der Waals surface area contributed by atoms with Crippen LogP contribution < -0.4 is 15.0 Å². The van der Waals surface area contributed by atoms with Crippen molar-refractivity contribution in [2.75, 3.05) is 44.4 Å². The molecule has 1 aromatic heterocycles. The van der Waals surface area contributed by atoms with Gasteiger partial charge in [0.05, 0.1) is 36.9 Å². The number of nitrogens with zero attached hydrogens (tertiary/aromatic N) is 3. The third-order valence-electron chi connectivity index (χ3n) is 4.85. The van der Waals surface area contributed by atoms with Gasteiger partial charge in [0.1, 0.15) is 12.7 Å². The van der Waals surface area contributed by atoms with Gasteiger partial charge < -0.3 is 39.4 Å². The maximum Gasteiger partial charge on any atom is 0.347 e. The molecule has 3 N–H and O–H groups in total. The normalized spacial score (nSPS) is 16.0. The molecular weight excluding hydrogens is 512 g/mol. The molecule has 1 aromatic rings. The first-order valence-corrected chi connectivity index (χ1v) is 12.2. The molecule has 2 atom stereocenters. The molecule has 2 rings (SSSR count). The molecule has 2 heterocycles. The van der Waals surface area contributed by atoms with Crippen molar-refractivity contribution in [2.24, 2.45) is 0 Å². The van der Waals surface area contributed by atoms with Gasteiger partial charge in [0.15, 0.2) is 6.10 Å². The highest BCUT2D eigenvalue weighted by atomic mass is 32.1. The predicted octanol–water partition coefficient (Wildman–Crippen LogP) is 0.471. The summed E-state index contributed by atoms with van der Waals surface area (Å²) in [5.74, 6) is -4.22. The van der Waals surface area contributed by atoms with Gasteiger partial charge in [-0.15, -0.1) is 4.37 Å². The van der Waals surface area contributed by atoms with Gasteiger partial charge in [-0.1, -0.05) is 0 Å². The van der Waals surface area contributed by atoms with E-state index in [-0.39, 0.29) is 18.7 Å². The highest BCUT2D eigenvalue weighted by Crippen LogP contribution is 2.26. The molecule has 0 amide bonds. The van der Waals surface area contributed by atoms with E-state index in [1.165, 1.54) is 6.92 Å². The molecule has 1 fully saturated rings. The second-order valence-corrected chi connectivity index (χ2v) is 9.64. The number of anilines is 1. The molecule has 0 unspecified atom stereocenters. The number of hydrogen-bond acceptors (Lipinski definition) is 13. The quantitative estimate of drug-likeness (QED) is 0.230. The molecule has 0 aliphatic carbocycles. The molecule has 14 nitrogen and oxygen atoms in total. The number of aliphatic carboxylic acids is 2. The summed E-state index contributed by atoms with van der Waals surface area (Å²) in [5.41, 5.74) is -0.986. The van der Waals surface area contributed by atoms with Crippen molar-refractivity contribution in [3.63, 3.8) is 0 Å². The second-order valence-electron chi connectivity index (χ2n) is 9.12. The number of rotatable bonds is 13. The Balaban J connectivity index is 2.00. The van der Waals surface area contributed by atoms with Crippen LogP contribution in [0.5, 0.6) is 5.88 Å². The van der Waals surface area contributed by atoms with E-state index in [0.717, 1.165) is 11.7 Å². The standard InChI is InChI=1S/C22H32N4O10S/c1-13(35-17(29)10-14(20(30)31)9-16(27)28)21(32)36-15(11-23-22(2,3)4)12-34-19-18(24-37-25-19)26-5-7-33-8-6-26/h9,13,15,23H,5-8,10-12H2,1-4H3,(H,27,28)(H,30,31)/b14-9-/t13-,15+/m1/s1. The zero-order valence-corrected chi connectivity index (χ0v) is 21.9. The van der Waals surface area contributed by atoms with Gasteiger partial charge in [-0.3, -0.25) is 4.79 Å². The Bertz CT molecular complexity index is 984. The molecule has 1 aliphatic rings. The third kappa shape index (κ3) is 10.7. The fourth-order valence-electron chi connectivity index (χ4n) is 3.00. The van der Waals surface area contributed by atoms with Gasteiger partial charge in [-0.25, -0.2) is 14.4 Å². The average molecular weight is 545 g/mol. The summed E-state index contributed by atoms with van der Waals surface area (Å²) in [4.78, 5) is 48.5. The number of ether oxygens (including phenoxy) is 4. The van der Waals surface area contributed by atoms with Crippen LogP contribution >= 0.6 is 11.7 Å². The Hall–Kier alpha value is -3.30. The summed E-state index contributed by atoms with van der Waals surface area (Å²) in [6, 6.07) is 0. The number of aromatic nitrogens is 2. The SMILES string of the molecule is C[C@@H](OC(=O)C/C(=C/C(=O)O)C(=O)O)C(=O)O[C@@H](CNC(C)(C)C)COc1nsnc1N1CCOCC1. The monoisotopic (exact) mass is 544 g/mol. The topological polar surface area (TPSA) is 187 Å². The van der Waals surface area contributed by atoms with Crippen molar-refractivity contribution in [2.45, 2.75) is 51.9 Å². The van der Waals surface area contributed by atoms with E-state index in [1.54, 1.807) is 0 Å². The number of carbonyl (C=O) groups is 4. The van der Waals surface area contributed by atoms with E-state index in [1.807, 2.05) is 25.7 Å². The Morgan fingerprint density at radius 2 is 1.84 bits per heavy atom. The average Bonchev–Trinajstić information content (AvgIpc) is 3.28. The molecule has 0 saturated carbocycles. The summed E-state index contributed by atoms with van der Waals surface area (Å²) in [5, 5.41) is 21.0. The lowest BCUT2D eigenvalue weighted by atomic mass is 10.1. The maximum atomic E-state index is 12.6. The molecule has 37 heavy (non-hydrogen) atoms.